The standard InChI is InChI=1S/C22H26N4O3S/c1-4-13-28-19-12-11-17(14-20(19)27-5-2)15-23-26-21(24-25-22(26)30-3)16-29-18-9-7-6-8-10-18/h6-12,14-15H,4-5,13,16H2,1-3H3/b23-15-. The van der Waals surface area contributed by atoms with Crippen LogP contribution >= 0.6 is 11.8 Å². The first kappa shape index (κ1) is 21.7. The molecule has 3 rings (SSSR count). The fourth-order valence-electron chi connectivity index (χ4n) is 2.62. The second-order valence-electron chi connectivity index (χ2n) is 6.25. The van der Waals surface area contributed by atoms with E-state index < -0.39 is 0 Å². The van der Waals surface area contributed by atoms with Crippen molar-refractivity contribution < 1.29 is 14.2 Å². The highest BCUT2D eigenvalue weighted by molar-refractivity contribution is 7.98. The van der Waals surface area contributed by atoms with Crippen molar-refractivity contribution in [1.82, 2.24) is 14.9 Å². The molecule has 0 unspecified atom stereocenters. The molecule has 0 bridgehead atoms. The monoisotopic (exact) mass is 426 g/mol. The minimum atomic E-state index is 0.267. The third-order valence-electron chi connectivity index (χ3n) is 4.02. The predicted molar refractivity (Wildman–Crippen MR) is 119 cm³/mol. The van der Waals surface area contributed by atoms with Gasteiger partial charge in [-0.1, -0.05) is 36.9 Å². The Morgan fingerprint density at radius 1 is 1.00 bits per heavy atom. The van der Waals surface area contributed by atoms with Gasteiger partial charge in [-0.05, 0) is 55.5 Å². The van der Waals surface area contributed by atoms with Crippen molar-refractivity contribution in [2.75, 3.05) is 19.5 Å². The van der Waals surface area contributed by atoms with Gasteiger partial charge in [-0.2, -0.15) is 9.78 Å². The van der Waals surface area contributed by atoms with Gasteiger partial charge in [0.15, 0.2) is 17.3 Å². The highest BCUT2D eigenvalue weighted by Gasteiger charge is 2.12. The Labute approximate surface area is 181 Å². The molecule has 0 fully saturated rings. The zero-order valence-corrected chi connectivity index (χ0v) is 18.3. The van der Waals surface area contributed by atoms with Gasteiger partial charge in [0.2, 0.25) is 5.16 Å². The van der Waals surface area contributed by atoms with Crippen molar-refractivity contribution >= 4 is 18.0 Å². The van der Waals surface area contributed by atoms with Gasteiger partial charge in [0, 0.05) is 0 Å². The van der Waals surface area contributed by atoms with Crippen LogP contribution < -0.4 is 14.2 Å². The van der Waals surface area contributed by atoms with E-state index in [0.29, 0.717) is 29.9 Å². The summed E-state index contributed by atoms with van der Waals surface area (Å²) in [6, 6.07) is 15.4. The molecule has 8 heteroatoms. The van der Waals surface area contributed by atoms with E-state index in [0.717, 1.165) is 23.5 Å². The summed E-state index contributed by atoms with van der Waals surface area (Å²) in [7, 11) is 0. The highest BCUT2D eigenvalue weighted by atomic mass is 32.2. The second-order valence-corrected chi connectivity index (χ2v) is 7.02. The smallest absolute Gasteiger partial charge is 0.211 e. The Kier molecular flexibility index (Phi) is 8.14. The molecule has 0 aliphatic carbocycles. The SMILES string of the molecule is CCCOc1ccc(/C=N\n2c(COc3ccccc3)nnc2SC)cc1OCC. The Balaban J connectivity index is 1.79. The lowest BCUT2D eigenvalue weighted by Gasteiger charge is -2.12. The molecule has 0 saturated heterocycles. The van der Waals surface area contributed by atoms with Gasteiger partial charge in [0.25, 0.3) is 0 Å². The summed E-state index contributed by atoms with van der Waals surface area (Å²) < 4.78 is 19.0. The molecule has 158 valence electrons. The summed E-state index contributed by atoms with van der Waals surface area (Å²) in [6.45, 7) is 5.50. The molecule has 2 aromatic carbocycles. The molecule has 30 heavy (non-hydrogen) atoms. The fourth-order valence-corrected chi connectivity index (χ4v) is 3.07. The van der Waals surface area contributed by atoms with Crippen LogP contribution in [-0.4, -0.2) is 40.6 Å². The molecule has 0 amide bonds. The van der Waals surface area contributed by atoms with Crippen LogP contribution in [-0.2, 0) is 6.61 Å². The second kappa shape index (κ2) is 11.3. The maximum atomic E-state index is 5.80. The quantitative estimate of drug-likeness (QED) is 0.328. The molecule has 3 aromatic rings. The van der Waals surface area contributed by atoms with E-state index in [9.17, 15) is 0 Å². The molecule has 0 radical (unpaired) electrons. The van der Waals surface area contributed by atoms with E-state index in [4.69, 9.17) is 14.2 Å². The van der Waals surface area contributed by atoms with Crippen LogP contribution in [0.5, 0.6) is 17.2 Å². The molecule has 7 nitrogen and oxygen atoms in total. The lowest BCUT2D eigenvalue weighted by molar-refractivity contribution is 0.277. The van der Waals surface area contributed by atoms with Crippen molar-refractivity contribution in [2.24, 2.45) is 5.10 Å². The van der Waals surface area contributed by atoms with Crippen molar-refractivity contribution in [3.63, 3.8) is 0 Å². The maximum Gasteiger partial charge on any atom is 0.211 e. The summed E-state index contributed by atoms with van der Waals surface area (Å²) in [5.41, 5.74) is 0.887. The van der Waals surface area contributed by atoms with Crippen LogP contribution in [0.4, 0.5) is 0 Å². The van der Waals surface area contributed by atoms with Gasteiger partial charge in [0.1, 0.15) is 12.4 Å². The van der Waals surface area contributed by atoms with Gasteiger partial charge in [-0.25, -0.2) is 0 Å². The van der Waals surface area contributed by atoms with Gasteiger partial charge in [0.05, 0.1) is 19.4 Å². The molecule has 0 aliphatic heterocycles. The van der Waals surface area contributed by atoms with E-state index in [1.165, 1.54) is 11.8 Å². The van der Waals surface area contributed by atoms with Crippen molar-refractivity contribution in [2.45, 2.75) is 32.0 Å². The van der Waals surface area contributed by atoms with E-state index in [1.54, 1.807) is 10.9 Å². The average molecular weight is 427 g/mol. The van der Waals surface area contributed by atoms with Gasteiger partial charge < -0.3 is 14.2 Å². The third-order valence-corrected chi connectivity index (χ3v) is 4.64. The maximum absolute atomic E-state index is 5.80. The number of thioether (sulfide) groups is 1. The Bertz CT molecular complexity index is 960. The fraction of sp³-hybridized carbons (Fsp3) is 0.318. The lowest BCUT2D eigenvalue weighted by atomic mass is 10.2. The number of rotatable bonds is 11. The molecule has 1 heterocycles. The number of ether oxygens (including phenoxy) is 3. The first-order chi connectivity index (χ1) is 14.7. The van der Waals surface area contributed by atoms with E-state index in [2.05, 4.69) is 22.2 Å². The van der Waals surface area contributed by atoms with Crippen LogP contribution in [0.3, 0.4) is 0 Å². The lowest BCUT2D eigenvalue weighted by Crippen LogP contribution is -2.05. The minimum Gasteiger partial charge on any atom is -0.490 e. The summed E-state index contributed by atoms with van der Waals surface area (Å²) in [5.74, 6) is 2.83. The Morgan fingerprint density at radius 3 is 2.57 bits per heavy atom. The molecule has 0 spiro atoms. The highest BCUT2D eigenvalue weighted by Crippen LogP contribution is 2.28. The average Bonchev–Trinajstić information content (AvgIpc) is 3.18. The van der Waals surface area contributed by atoms with E-state index in [1.807, 2.05) is 61.7 Å². The number of benzene rings is 2. The summed E-state index contributed by atoms with van der Waals surface area (Å²) >= 11 is 1.47. The third kappa shape index (κ3) is 5.76. The zero-order valence-electron chi connectivity index (χ0n) is 17.4. The molecular formula is C22H26N4O3S. The molecule has 0 N–H and O–H groups in total. The van der Waals surface area contributed by atoms with Crippen LogP contribution in [0.1, 0.15) is 31.7 Å². The first-order valence-corrected chi connectivity index (χ1v) is 11.1. The number of para-hydroxylation sites is 1. The largest absolute Gasteiger partial charge is 0.490 e. The van der Waals surface area contributed by atoms with Crippen molar-refractivity contribution in [3.05, 3.63) is 59.9 Å². The number of hydrogen-bond acceptors (Lipinski definition) is 7. The molecule has 0 aliphatic rings. The first-order valence-electron chi connectivity index (χ1n) is 9.85. The van der Waals surface area contributed by atoms with Gasteiger partial charge >= 0.3 is 0 Å². The number of nitrogens with zero attached hydrogens (tertiary/aromatic N) is 4. The number of hydrogen-bond donors (Lipinski definition) is 0. The molecule has 1 aromatic heterocycles. The Hall–Kier alpha value is -3.00. The predicted octanol–water partition coefficient (Wildman–Crippen LogP) is 4.65. The van der Waals surface area contributed by atoms with Crippen LogP contribution in [0.25, 0.3) is 0 Å². The van der Waals surface area contributed by atoms with Gasteiger partial charge in [-0.3, -0.25) is 0 Å². The normalized spacial score (nSPS) is 11.0. The number of aromatic nitrogens is 3. The van der Waals surface area contributed by atoms with Crippen LogP contribution in [0, 0.1) is 0 Å². The Morgan fingerprint density at radius 2 is 1.83 bits per heavy atom. The minimum absolute atomic E-state index is 0.267. The summed E-state index contributed by atoms with van der Waals surface area (Å²) in [4.78, 5) is 0. The van der Waals surface area contributed by atoms with Crippen LogP contribution in [0.2, 0.25) is 0 Å². The summed E-state index contributed by atoms with van der Waals surface area (Å²) in [5, 5.41) is 13.7. The topological polar surface area (TPSA) is 70.8 Å². The van der Waals surface area contributed by atoms with Crippen molar-refractivity contribution in [3.8, 4) is 17.2 Å². The summed E-state index contributed by atoms with van der Waals surface area (Å²) in [6.07, 6.45) is 4.62. The van der Waals surface area contributed by atoms with E-state index in [-0.39, 0.29) is 6.61 Å². The molecule has 0 atom stereocenters. The molecule has 0 saturated carbocycles. The van der Waals surface area contributed by atoms with E-state index >= 15 is 0 Å². The van der Waals surface area contributed by atoms with Crippen LogP contribution in [0.15, 0.2) is 58.8 Å². The van der Waals surface area contributed by atoms with Crippen molar-refractivity contribution in [1.29, 1.82) is 0 Å². The zero-order chi connectivity index (χ0) is 21.2. The van der Waals surface area contributed by atoms with Gasteiger partial charge in [-0.15, -0.1) is 10.2 Å². The molecular weight excluding hydrogens is 400 g/mol.